The van der Waals surface area contributed by atoms with Crippen molar-refractivity contribution in [2.75, 3.05) is 24.5 Å². The SMILES string of the molecule is NC(=O)C1CCCN(c2ccc(CNC(=O)NCC3CC3)cc2)C1. The Morgan fingerprint density at radius 1 is 1.12 bits per heavy atom. The van der Waals surface area contributed by atoms with Crippen LogP contribution in [0.25, 0.3) is 0 Å². The van der Waals surface area contributed by atoms with Crippen molar-refractivity contribution >= 4 is 17.6 Å². The smallest absolute Gasteiger partial charge is 0.315 e. The maximum absolute atomic E-state index is 11.7. The zero-order valence-electron chi connectivity index (χ0n) is 14.0. The number of hydrogen-bond acceptors (Lipinski definition) is 3. The molecule has 0 spiro atoms. The third kappa shape index (κ3) is 4.63. The number of hydrogen-bond donors (Lipinski definition) is 3. The quantitative estimate of drug-likeness (QED) is 0.740. The maximum atomic E-state index is 11.7. The van der Waals surface area contributed by atoms with Gasteiger partial charge in [0.25, 0.3) is 0 Å². The molecular weight excluding hydrogens is 304 g/mol. The van der Waals surface area contributed by atoms with Crippen molar-refractivity contribution in [2.45, 2.75) is 32.2 Å². The van der Waals surface area contributed by atoms with Crippen LogP contribution in [0.2, 0.25) is 0 Å². The number of carbonyl (C=O) groups is 2. The first-order chi connectivity index (χ1) is 11.6. The molecular formula is C18H26N4O2. The van der Waals surface area contributed by atoms with Crippen LogP contribution in [-0.4, -0.2) is 31.6 Å². The second-order valence-electron chi connectivity index (χ2n) is 6.86. The van der Waals surface area contributed by atoms with E-state index in [0.717, 1.165) is 37.2 Å². The van der Waals surface area contributed by atoms with Gasteiger partial charge >= 0.3 is 6.03 Å². The molecule has 1 unspecified atom stereocenters. The Morgan fingerprint density at radius 3 is 2.54 bits per heavy atom. The van der Waals surface area contributed by atoms with E-state index in [1.165, 1.54) is 12.8 Å². The number of nitrogens with two attached hydrogens (primary N) is 1. The average molecular weight is 330 g/mol. The molecule has 4 N–H and O–H groups in total. The molecule has 6 heteroatoms. The van der Waals surface area contributed by atoms with Gasteiger partial charge in [0.1, 0.15) is 0 Å². The lowest BCUT2D eigenvalue weighted by atomic mass is 9.97. The van der Waals surface area contributed by atoms with Crippen molar-refractivity contribution in [3.8, 4) is 0 Å². The van der Waals surface area contributed by atoms with Crippen molar-refractivity contribution in [1.29, 1.82) is 0 Å². The highest BCUT2D eigenvalue weighted by atomic mass is 16.2. The van der Waals surface area contributed by atoms with Gasteiger partial charge in [-0.25, -0.2) is 4.79 Å². The van der Waals surface area contributed by atoms with Gasteiger partial charge < -0.3 is 21.3 Å². The number of piperidine rings is 1. The van der Waals surface area contributed by atoms with Crippen LogP contribution in [-0.2, 0) is 11.3 Å². The van der Waals surface area contributed by atoms with Gasteiger partial charge in [-0.05, 0) is 49.3 Å². The molecule has 0 bridgehead atoms. The first kappa shape index (κ1) is 16.6. The topological polar surface area (TPSA) is 87.5 Å². The van der Waals surface area contributed by atoms with Gasteiger partial charge in [-0.3, -0.25) is 4.79 Å². The molecule has 1 heterocycles. The van der Waals surface area contributed by atoms with Gasteiger partial charge in [0.2, 0.25) is 5.91 Å². The fourth-order valence-electron chi connectivity index (χ4n) is 3.07. The fourth-order valence-corrected chi connectivity index (χ4v) is 3.07. The van der Waals surface area contributed by atoms with Crippen molar-refractivity contribution < 1.29 is 9.59 Å². The predicted molar refractivity (Wildman–Crippen MR) is 93.5 cm³/mol. The standard InChI is InChI=1S/C18H26N4O2/c19-17(23)15-2-1-9-22(12-15)16-7-5-14(6-8-16)11-21-18(24)20-10-13-3-4-13/h5-8,13,15H,1-4,9-12H2,(H2,19,23)(H2,20,21,24). The summed E-state index contributed by atoms with van der Waals surface area (Å²) in [6, 6.07) is 8.02. The first-order valence-electron chi connectivity index (χ1n) is 8.76. The Bertz CT molecular complexity index is 583. The molecule has 0 aromatic heterocycles. The number of benzene rings is 1. The van der Waals surface area contributed by atoms with Crippen molar-refractivity contribution in [3.05, 3.63) is 29.8 Å². The molecule has 1 aromatic carbocycles. The maximum Gasteiger partial charge on any atom is 0.315 e. The minimum absolute atomic E-state index is 0.0599. The van der Waals surface area contributed by atoms with Crippen LogP contribution in [0.4, 0.5) is 10.5 Å². The molecule has 1 aliphatic carbocycles. The summed E-state index contributed by atoms with van der Waals surface area (Å²) in [5.41, 5.74) is 7.59. The molecule has 2 aliphatic rings. The Kier molecular flexibility index (Phi) is 5.23. The zero-order chi connectivity index (χ0) is 16.9. The molecule has 1 saturated carbocycles. The van der Waals surface area contributed by atoms with Gasteiger partial charge in [0.05, 0.1) is 5.92 Å². The molecule has 130 valence electrons. The summed E-state index contributed by atoms with van der Waals surface area (Å²) in [7, 11) is 0. The van der Waals surface area contributed by atoms with Crippen LogP contribution >= 0.6 is 0 Å². The highest BCUT2D eigenvalue weighted by Gasteiger charge is 2.24. The average Bonchev–Trinajstić information content (AvgIpc) is 3.43. The Labute approximate surface area is 142 Å². The van der Waals surface area contributed by atoms with E-state index in [2.05, 4.69) is 15.5 Å². The van der Waals surface area contributed by atoms with Crippen molar-refractivity contribution in [2.24, 2.45) is 17.6 Å². The summed E-state index contributed by atoms with van der Waals surface area (Å²) < 4.78 is 0. The van der Waals surface area contributed by atoms with E-state index in [9.17, 15) is 9.59 Å². The first-order valence-corrected chi connectivity index (χ1v) is 8.76. The molecule has 3 amide bonds. The number of nitrogens with zero attached hydrogens (tertiary/aromatic N) is 1. The monoisotopic (exact) mass is 330 g/mol. The molecule has 24 heavy (non-hydrogen) atoms. The van der Waals surface area contributed by atoms with Crippen LogP contribution in [0, 0.1) is 11.8 Å². The van der Waals surface area contributed by atoms with Crippen molar-refractivity contribution in [1.82, 2.24) is 10.6 Å². The Morgan fingerprint density at radius 2 is 1.88 bits per heavy atom. The zero-order valence-corrected chi connectivity index (χ0v) is 14.0. The van der Waals surface area contributed by atoms with E-state index in [1.807, 2.05) is 24.3 Å². The van der Waals surface area contributed by atoms with Crippen molar-refractivity contribution in [3.63, 3.8) is 0 Å². The molecule has 1 saturated heterocycles. The Hall–Kier alpha value is -2.24. The summed E-state index contributed by atoms with van der Waals surface area (Å²) in [4.78, 5) is 25.3. The summed E-state index contributed by atoms with van der Waals surface area (Å²) >= 11 is 0. The van der Waals surface area contributed by atoms with Gasteiger partial charge in [0.15, 0.2) is 0 Å². The lowest BCUT2D eigenvalue weighted by Gasteiger charge is -2.33. The normalized spacial score (nSPS) is 20.5. The molecule has 1 aromatic rings. The second kappa shape index (κ2) is 7.55. The second-order valence-corrected chi connectivity index (χ2v) is 6.86. The van der Waals surface area contributed by atoms with Gasteiger partial charge in [0, 0.05) is 31.9 Å². The van der Waals surface area contributed by atoms with Crippen LogP contribution in [0.5, 0.6) is 0 Å². The number of anilines is 1. The van der Waals surface area contributed by atoms with E-state index in [-0.39, 0.29) is 17.9 Å². The highest BCUT2D eigenvalue weighted by molar-refractivity contribution is 5.77. The lowest BCUT2D eigenvalue weighted by molar-refractivity contribution is -0.122. The predicted octanol–water partition coefficient (Wildman–Crippen LogP) is 1.60. The van der Waals surface area contributed by atoms with E-state index >= 15 is 0 Å². The van der Waals surface area contributed by atoms with Gasteiger partial charge in [-0.15, -0.1) is 0 Å². The lowest BCUT2D eigenvalue weighted by Crippen LogP contribution is -2.41. The molecule has 2 fully saturated rings. The number of carbonyl (C=O) groups excluding carboxylic acids is 2. The largest absolute Gasteiger partial charge is 0.371 e. The number of primary amides is 1. The minimum Gasteiger partial charge on any atom is -0.371 e. The number of urea groups is 1. The molecule has 6 nitrogen and oxygen atoms in total. The van der Waals surface area contributed by atoms with E-state index in [0.29, 0.717) is 19.0 Å². The summed E-state index contributed by atoms with van der Waals surface area (Å²) in [6.07, 6.45) is 4.32. The molecule has 0 radical (unpaired) electrons. The molecule has 1 aliphatic heterocycles. The van der Waals surface area contributed by atoms with E-state index < -0.39 is 0 Å². The van der Waals surface area contributed by atoms with Crippen LogP contribution in [0.3, 0.4) is 0 Å². The number of rotatable bonds is 6. The summed E-state index contributed by atoms with van der Waals surface area (Å²) in [5, 5.41) is 5.77. The summed E-state index contributed by atoms with van der Waals surface area (Å²) in [6.45, 7) is 2.93. The van der Waals surface area contributed by atoms with Gasteiger partial charge in [-0.2, -0.15) is 0 Å². The third-order valence-corrected chi connectivity index (χ3v) is 4.83. The Balaban J connectivity index is 1.47. The minimum atomic E-state index is -0.210. The van der Waals surface area contributed by atoms with E-state index in [1.54, 1.807) is 0 Å². The number of amides is 3. The summed E-state index contributed by atoms with van der Waals surface area (Å²) in [5.74, 6) is 0.414. The van der Waals surface area contributed by atoms with Crippen LogP contribution < -0.4 is 21.3 Å². The van der Waals surface area contributed by atoms with E-state index in [4.69, 9.17) is 5.73 Å². The highest BCUT2D eigenvalue weighted by Crippen LogP contribution is 2.27. The molecule has 1 atom stereocenters. The molecule has 3 rings (SSSR count). The number of nitrogens with one attached hydrogen (secondary N) is 2. The fraction of sp³-hybridized carbons (Fsp3) is 0.556. The van der Waals surface area contributed by atoms with Gasteiger partial charge in [-0.1, -0.05) is 12.1 Å². The van der Waals surface area contributed by atoms with Crippen LogP contribution in [0.1, 0.15) is 31.2 Å². The third-order valence-electron chi connectivity index (χ3n) is 4.83. The van der Waals surface area contributed by atoms with Crippen LogP contribution in [0.15, 0.2) is 24.3 Å².